The van der Waals surface area contributed by atoms with Crippen LogP contribution in [0.4, 0.5) is 0 Å². The average molecular weight is 144 g/mol. The van der Waals surface area contributed by atoms with Gasteiger partial charge < -0.3 is 0 Å². The summed E-state index contributed by atoms with van der Waals surface area (Å²) in [7, 11) is 0. The number of benzene rings is 1. The van der Waals surface area contributed by atoms with Crippen LogP contribution in [0, 0.1) is 17.4 Å². The molecule has 0 saturated carbocycles. The minimum absolute atomic E-state index is 0.391. The molecule has 0 N–H and O–H groups in total. The first kappa shape index (κ1) is 7.81. The highest BCUT2D eigenvalue weighted by Crippen LogP contribution is 2.20. The normalized spacial score (nSPS) is 10.6. The van der Waals surface area contributed by atoms with Crippen LogP contribution in [0.5, 0.6) is 0 Å². The second-order valence-electron chi connectivity index (χ2n) is 3.03. The predicted molar refractivity (Wildman–Crippen MR) is 43.9 cm³/mol. The molecule has 55 valence electrons. The topological polar surface area (TPSA) is 23.8 Å². The maximum absolute atomic E-state index is 8.78. The van der Waals surface area contributed by atoms with E-state index in [2.05, 4.69) is 12.1 Å². The molecule has 0 bridgehead atoms. The van der Waals surface area contributed by atoms with Crippen LogP contribution >= 0.6 is 0 Å². The van der Waals surface area contributed by atoms with E-state index in [4.69, 9.17) is 5.26 Å². The average Bonchev–Trinajstić information content (AvgIpc) is 2.06. The van der Waals surface area contributed by atoms with Gasteiger partial charge in [0.1, 0.15) is 0 Å². The third-order valence-electron chi connectivity index (χ3n) is 1.71. The van der Waals surface area contributed by atoms with E-state index in [1.807, 2.05) is 38.1 Å². The summed E-state index contributed by atoms with van der Waals surface area (Å²) in [6, 6.07) is 12.7. The highest BCUT2D eigenvalue weighted by atomic mass is 14.3. The standard InChI is InChI=1S/C10H10N/c1-10(2,8-11)9-6-4-3-5-7-9/h3-4,6-7H,1-2H3. The monoisotopic (exact) mass is 144 g/mol. The van der Waals surface area contributed by atoms with Gasteiger partial charge >= 0.3 is 0 Å². The quantitative estimate of drug-likeness (QED) is 0.593. The van der Waals surface area contributed by atoms with Gasteiger partial charge in [-0.1, -0.05) is 18.2 Å². The van der Waals surface area contributed by atoms with Crippen molar-refractivity contribution in [2.75, 3.05) is 0 Å². The van der Waals surface area contributed by atoms with Crippen molar-refractivity contribution in [3.63, 3.8) is 0 Å². The zero-order valence-electron chi connectivity index (χ0n) is 6.76. The lowest BCUT2D eigenvalue weighted by Gasteiger charge is -2.14. The van der Waals surface area contributed by atoms with Gasteiger partial charge in [0.15, 0.2) is 0 Å². The Bertz CT molecular complexity index is 267. The summed E-state index contributed by atoms with van der Waals surface area (Å²) in [6.45, 7) is 3.80. The molecule has 0 aliphatic rings. The molecule has 0 fully saturated rings. The number of rotatable bonds is 1. The van der Waals surface area contributed by atoms with Crippen molar-refractivity contribution in [3.8, 4) is 6.07 Å². The molecule has 1 nitrogen and oxygen atoms in total. The molecule has 0 atom stereocenters. The molecule has 0 saturated heterocycles. The molecule has 0 amide bonds. The summed E-state index contributed by atoms with van der Waals surface area (Å²) in [4.78, 5) is 0. The van der Waals surface area contributed by atoms with Crippen LogP contribution in [0.1, 0.15) is 19.4 Å². The number of hydrogen-bond acceptors (Lipinski definition) is 1. The van der Waals surface area contributed by atoms with Crippen molar-refractivity contribution in [1.29, 1.82) is 5.26 Å². The zero-order chi connectivity index (χ0) is 8.32. The Labute approximate surface area is 67.3 Å². The first-order valence-electron chi connectivity index (χ1n) is 3.54. The minimum Gasteiger partial charge on any atom is -0.197 e. The summed E-state index contributed by atoms with van der Waals surface area (Å²) in [6.07, 6.45) is 0. The molecule has 1 aromatic rings. The Kier molecular flexibility index (Phi) is 1.96. The first-order valence-corrected chi connectivity index (χ1v) is 3.54. The Morgan fingerprint density at radius 3 is 2.73 bits per heavy atom. The van der Waals surface area contributed by atoms with Crippen LogP contribution < -0.4 is 0 Å². The fourth-order valence-electron chi connectivity index (χ4n) is 0.847. The molecule has 0 aliphatic heterocycles. The van der Waals surface area contributed by atoms with E-state index in [0.717, 1.165) is 5.56 Å². The zero-order valence-corrected chi connectivity index (χ0v) is 6.76. The molecule has 11 heavy (non-hydrogen) atoms. The lowest BCUT2D eigenvalue weighted by molar-refractivity contribution is 0.687. The van der Waals surface area contributed by atoms with Crippen LogP contribution in [0.25, 0.3) is 0 Å². The maximum atomic E-state index is 8.78. The van der Waals surface area contributed by atoms with Gasteiger partial charge in [-0.2, -0.15) is 5.26 Å². The van der Waals surface area contributed by atoms with Crippen molar-refractivity contribution in [1.82, 2.24) is 0 Å². The third-order valence-corrected chi connectivity index (χ3v) is 1.71. The van der Waals surface area contributed by atoms with Crippen LogP contribution in [-0.2, 0) is 5.41 Å². The highest BCUT2D eigenvalue weighted by Gasteiger charge is 2.18. The van der Waals surface area contributed by atoms with Crippen molar-refractivity contribution in [3.05, 3.63) is 35.9 Å². The number of hydrogen-bond donors (Lipinski definition) is 0. The third kappa shape index (κ3) is 1.59. The van der Waals surface area contributed by atoms with Crippen LogP contribution in [0.2, 0.25) is 0 Å². The first-order chi connectivity index (χ1) is 5.17. The molecule has 0 heterocycles. The molecule has 1 aromatic carbocycles. The molecular formula is C10H10N. The van der Waals surface area contributed by atoms with Gasteiger partial charge in [0.25, 0.3) is 0 Å². The summed E-state index contributed by atoms with van der Waals surface area (Å²) in [5, 5.41) is 8.78. The Morgan fingerprint density at radius 2 is 2.27 bits per heavy atom. The number of nitriles is 1. The van der Waals surface area contributed by atoms with Crippen molar-refractivity contribution in [2.45, 2.75) is 19.3 Å². The van der Waals surface area contributed by atoms with E-state index in [1.165, 1.54) is 0 Å². The van der Waals surface area contributed by atoms with Gasteiger partial charge in [-0.15, -0.1) is 0 Å². The molecular weight excluding hydrogens is 134 g/mol. The predicted octanol–water partition coefficient (Wildman–Crippen LogP) is 2.29. The summed E-state index contributed by atoms with van der Waals surface area (Å²) in [5.41, 5.74) is 0.625. The molecule has 0 spiro atoms. The number of nitrogens with zero attached hydrogens (tertiary/aromatic N) is 1. The SMILES string of the molecule is CC(C)(C#N)c1c[c]ccc1. The van der Waals surface area contributed by atoms with E-state index in [1.54, 1.807) is 0 Å². The van der Waals surface area contributed by atoms with Gasteiger partial charge in [0.2, 0.25) is 0 Å². The van der Waals surface area contributed by atoms with Gasteiger partial charge in [0.05, 0.1) is 11.5 Å². The highest BCUT2D eigenvalue weighted by molar-refractivity contribution is 5.28. The smallest absolute Gasteiger partial charge is 0.0766 e. The molecule has 0 aliphatic carbocycles. The molecule has 1 radical (unpaired) electrons. The van der Waals surface area contributed by atoms with E-state index in [9.17, 15) is 0 Å². The lowest BCUT2D eigenvalue weighted by atomic mass is 9.87. The second-order valence-corrected chi connectivity index (χ2v) is 3.03. The molecule has 1 rings (SSSR count). The van der Waals surface area contributed by atoms with E-state index >= 15 is 0 Å². The summed E-state index contributed by atoms with van der Waals surface area (Å²) in [5.74, 6) is 0. The van der Waals surface area contributed by atoms with E-state index in [0.29, 0.717) is 0 Å². The fourth-order valence-corrected chi connectivity index (χ4v) is 0.847. The van der Waals surface area contributed by atoms with Gasteiger partial charge in [0, 0.05) is 0 Å². The Balaban J connectivity index is 3.05. The Hall–Kier alpha value is -1.29. The maximum Gasteiger partial charge on any atom is 0.0766 e. The van der Waals surface area contributed by atoms with Crippen molar-refractivity contribution < 1.29 is 0 Å². The fraction of sp³-hybridized carbons (Fsp3) is 0.300. The molecule has 1 heteroatoms. The van der Waals surface area contributed by atoms with E-state index < -0.39 is 5.41 Å². The minimum atomic E-state index is -0.391. The largest absolute Gasteiger partial charge is 0.197 e. The van der Waals surface area contributed by atoms with Crippen LogP contribution in [-0.4, -0.2) is 0 Å². The van der Waals surface area contributed by atoms with Gasteiger partial charge in [-0.25, -0.2) is 0 Å². The molecule has 0 unspecified atom stereocenters. The summed E-state index contributed by atoms with van der Waals surface area (Å²) >= 11 is 0. The lowest BCUT2D eigenvalue weighted by Crippen LogP contribution is -2.13. The molecule has 0 aromatic heterocycles. The summed E-state index contributed by atoms with van der Waals surface area (Å²) < 4.78 is 0. The van der Waals surface area contributed by atoms with E-state index in [-0.39, 0.29) is 0 Å². The van der Waals surface area contributed by atoms with Gasteiger partial charge in [-0.3, -0.25) is 0 Å². The second kappa shape index (κ2) is 2.75. The van der Waals surface area contributed by atoms with Crippen molar-refractivity contribution >= 4 is 0 Å². The van der Waals surface area contributed by atoms with Crippen molar-refractivity contribution in [2.24, 2.45) is 0 Å². The van der Waals surface area contributed by atoms with Gasteiger partial charge in [-0.05, 0) is 31.5 Å². The van der Waals surface area contributed by atoms with Crippen LogP contribution in [0.15, 0.2) is 24.3 Å². The Morgan fingerprint density at radius 1 is 1.55 bits per heavy atom. The van der Waals surface area contributed by atoms with Crippen LogP contribution in [0.3, 0.4) is 0 Å².